The smallest absolute Gasteiger partial charge is 0.268 e. The number of rotatable bonds is 2. The van der Waals surface area contributed by atoms with Crippen molar-refractivity contribution >= 4 is 15.7 Å². The summed E-state index contributed by atoms with van der Waals surface area (Å²) < 4.78 is 40.6. The minimum absolute atomic E-state index is 0.133. The van der Waals surface area contributed by atoms with Crippen LogP contribution in [0.25, 0.3) is 0 Å². The van der Waals surface area contributed by atoms with Gasteiger partial charge in [-0.05, 0) is 31.9 Å². The molecule has 20 heavy (non-hydrogen) atoms. The normalized spacial score (nSPS) is 14.7. The molecule has 1 aliphatic heterocycles. The quantitative estimate of drug-likeness (QED) is 0.920. The van der Waals surface area contributed by atoms with Crippen LogP contribution in [0.3, 0.4) is 0 Å². The average Bonchev–Trinajstić information content (AvgIpc) is 2.95. The van der Waals surface area contributed by atoms with E-state index in [2.05, 4.69) is 10.2 Å². The molecule has 2 heterocycles. The van der Waals surface area contributed by atoms with Crippen molar-refractivity contribution in [2.75, 3.05) is 10.8 Å². The molecule has 0 radical (unpaired) electrons. The van der Waals surface area contributed by atoms with E-state index < -0.39 is 15.8 Å². The minimum Gasteiger partial charge on any atom is -0.281 e. The van der Waals surface area contributed by atoms with Gasteiger partial charge in [0.2, 0.25) is 0 Å². The predicted octanol–water partition coefficient (Wildman–Crippen LogP) is 1.92. The van der Waals surface area contributed by atoms with Gasteiger partial charge in [-0.1, -0.05) is 12.1 Å². The molecule has 0 amide bonds. The minimum atomic E-state index is -3.79. The van der Waals surface area contributed by atoms with E-state index in [4.69, 9.17) is 0 Å². The summed E-state index contributed by atoms with van der Waals surface area (Å²) in [5, 5.41) is 6.56. The second-order valence-corrected chi connectivity index (χ2v) is 6.64. The fourth-order valence-corrected chi connectivity index (χ4v) is 4.49. The lowest BCUT2D eigenvalue weighted by Gasteiger charge is -2.20. The number of halogens is 1. The molecule has 0 atom stereocenters. The van der Waals surface area contributed by atoms with Gasteiger partial charge in [0, 0.05) is 6.54 Å². The van der Waals surface area contributed by atoms with Gasteiger partial charge in [-0.25, -0.2) is 12.8 Å². The Bertz CT molecular complexity index is 763. The fourth-order valence-electron chi connectivity index (χ4n) is 2.65. The van der Waals surface area contributed by atoms with Gasteiger partial charge in [-0.2, -0.15) is 5.10 Å². The number of sulfonamides is 1. The topological polar surface area (TPSA) is 66.1 Å². The van der Waals surface area contributed by atoms with Crippen molar-refractivity contribution in [3.05, 3.63) is 41.0 Å². The van der Waals surface area contributed by atoms with Crippen LogP contribution in [-0.4, -0.2) is 25.2 Å². The Morgan fingerprint density at radius 1 is 1.35 bits per heavy atom. The summed E-state index contributed by atoms with van der Waals surface area (Å²) in [6.07, 6.45) is 0.516. The third-order valence-corrected chi connectivity index (χ3v) is 5.58. The SMILES string of the molecule is Cc1n[nH]c(C)c1S(=O)(=O)N1CCc2cccc(F)c21. The zero-order valence-corrected chi connectivity index (χ0v) is 12.0. The lowest BCUT2D eigenvalue weighted by Crippen LogP contribution is -2.30. The Kier molecular flexibility index (Phi) is 2.82. The van der Waals surface area contributed by atoms with Gasteiger partial charge in [0.1, 0.15) is 10.7 Å². The van der Waals surface area contributed by atoms with Crippen LogP contribution in [0.4, 0.5) is 10.1 Å². The lowest BCUT2D eigenvalue weighted by molar-refractivity contribution is 0.587. The zero-order chi connectivity index (χ0) is 14.5. The maximum Gasteiger partial charge on any atom is 0.268 e. The van der Waals surface area contributed by atoms with Crippen LogP contribution in [0.5, 0.6) is 0 Å². The molecule has 3 rings (SSSR count). The van der Waals surface area contributed by atoms with Crippen LogP contribution in [0.15, 0.2) is 23.1 Å². The first-order valence-corrected chi connectivity index (χ1v) is 7.68. The molecule has 0 aliphatic carbocycles. The first-order chi connectivity index (χ1) is 9.43. The monoisotopic (exact) mass is 295 g/mol. The standard InChI is InChI=1S/C13H14FN3O2S/c1-8-13(9(2)16-15-8)20(18,19)17-7-6-10-4-3-5-11(14)12(10)17/h3-5H,6-7H2,1-2H3,(H,15,16). The highest BCUT2D eigenvalue weighted by Crippen LogP contribution is 2.36. The Morgan fingerprint density at radius 3 is 2.75 bits per heavy atom. The van der Waals surface area contributed by atoms with E-state index in [9.17, 15) is 12.8 Å². The van der Waals surface area contributed by atoms with Crippen molar-refractivity contribution in [1.29, 1.82) is 0 Å². The number of aromatic nitrogens is 2. The molecule has 0 bridgehead atoms. The molecule has 5 nitrogen and oxygen atoms in total. The Hall–Kier alpha value is -1.89. The third-order valence-electron chi connectivity index (χ3n) is 3.51. The molecule has 1 N–H and O–H groups in total. The molecule has 0 fully saturated rings. The molecule has 0 unspecified atom stereocenters. The first-order valence-electron chi connectivity index (χ1n) is 6.24. The molecule has 2 aromatic rings. The van der Waals surface area contributed by atoms with Gasteiger partial charge in [-0.3, -0.25) is 9.40 Å². The molecule has 106 valence electrons. The number of nitrogens with zero attached hydrogens (tertiary/aromatic N) is 2. The van der Waals surface area contributed by atoms with Gasteiger partial charge in [-0.15, -0.1) is 0 Å². The van der Waals surface area contributed by atoms with Crippen molar-refractivity contribution in [2.45, 2.75) is 25.2 Å². The van der Waals surface area contributed by atoms with Crippen molar-refractivity contribution in [3.8, 4) is 0 Å². The highest BCUT2D eigenvalue weighted by molar-refractivity contribution is 7.93. The predicted molar refractivity (Wildman–Crippen MR) is 72.7 cm³/mol. The number of benzene rings is 1. The maximum absolute atomic E-state index is 14.0. The number of aryl methyl sites for hydroxylation is 2. The number of H-pyrrole nitrogens is 1. The largest absolute Gasteiger partial charge is 0.281 e. The molecule has 7 heteroatoms. The van der Waals surface area contributed by atoms with Gasteiger partial charge in [0.25, 0.3) is 10.0 Å². The van der Waals surface area contributed by atoms with Gasteiger partial charge in [0.05, 0.1) is 17.1 Å². The number of anilines is 1. The molecule has 0 spiro atoms. The molecular weight excluding hydrogens is 281 g/mol. The molecule has 1 aliphatic rings. The van der Waals surface area contributed by atoms with E-state index in [0.29, 0.717) is 23.4 Å². The highest BCUT2D eigenvalue weighted by atomic mass is 32.2. The Morgan fingerprint density at radius 2 is 2.10 bits per heavy atom. The maximum atomic E-state index is 14.0. The molecule has 0 saturated carbocycles. The molecular formula is C13H14FN3O2S. The summed E-state index contributed by atoms with van der Waals surface area (Å²) in [7, 11) is -3.79. The summed E-state index contributed by atoms with van der Waals surface area (Å²) >= 11 is 0. The highest BCUT2D eigenvalue weighted by Gasteiger charge is 2.35. The summed E-state index contributed by atoms with van der Waals surface area (Å²) in [5.41, 5.74) is 1.74. The van der Waals surface area contributed by atoms with E-state index in [0.717, 1.165) is 4.31 Å². The van der Waals surface area contributed by atoms with Crippen LogP contribution in [0, 0.1) is 19.7 Å². The van der Waals surface area contributed by atoms with E-state index in [1.54, 1.807) is 26.0 Å². The second-order valence-electron chi connectivity index (χ2n) is 4.84. The first kappa shape index (κ1) is 13.1. The van der Waals surface area contributed by atoms with Crippen LogP contribution in [0.1, 0.15) is 17.0 Å². The van der Waals surface area contributed by atoms with Crippen molar-refractivity contribution in [2.24, 2.45) is 0 Å². The van der Waals surface area contributed by atoms with Crippen molar-refractivity contribution in [1.82, 2.24) is 10.2 Å². The van der Waals surface area contributed by atoms with Crippen molar-refractivity contribution < 1.29 is 12.8 Å². The third kappa shape index (κ3) is 1.73. The summed E-state index contributed by atoms with van der Waals surface area (Å²) in [4.78, 5) is 0.133. The van der Waals surface area contributed by atoms with Crippen LogP contribution < -0.4 is 4.31 Å². The van der Waals surface area contributed by atoms with Gasteiger partial charge in [0.15, 0.2) is 0 Å². The lowest BCUT2D eigenvalue weighted by atomic mass is 10.2. The van der Waals surface area contributed by atoms with E-state index in [1.807, 2.05) is 0 Å². The van der Waals surface area contributed by atoms with Crippen LogP contribution >= 0.6 is 0 Å². The number of hydrogen-bond acceptors (Lipinski definition) is 3. The molecule has 1 aromatic heterocycles. The second kappa shape index (κ2) is 4.31. The number of hydrogen-bond donors (Lipinski definition) is 1. The number of aromatic amines is 1. The van der Waals surface area contributed by atoms with Gasteiger partial charge >= 0.3 is 0 Å². The Labute approximate surface area is 116 Å². The van der Waals surface area contributed by atoms with E-state index >= 15 is 0 Å². The van der Waals surface area contributed by atoms with Gasteiger partial charge < -0.3 is 0 Å². The molecule has 0 saturated heterocycles. The van der Waals surface area contributed by atoms with Crippen LogP contribution in [0.2, 0.25) is 0 Å². The van der Waals surface area contributed by atoms with E-state index in [-0.39, 0.29) is 17.1 Å². The van der Waals surface area contributed by atoms with E-state index in [1.165, 1.54) is 6.07 Å². The zero-order valence-electron chi connectivity index (χ0n) is 11.1. The van der Waals surface area contributed by atoms with Crippen molar-refractivity contribution in [3.63, 3.8) is 0 Å². The molecule has 1 aromatic carbocycles. The summed E-state index contributed by atoms with van der Waals surface area (Å²) in [6, 6.07) is 4.63. The summed E-state index contributed by atoms with van der Waals surface area (Å²) in [6.45, 7) is 3.52. The Balaban J connectivity index is 2.17. The number of nitrogens with one attached hydrogen (secondary N) is 1. The summed E-state index contributed by atoms with van der Waals surface area (Å²) in [5.74, 6) is -0.512. The fraction of sp³-hybridized carbons (Fsp3) is 0.308. The van der Waals surface area contributed by atoms with Crippen LogP contribution in [-0.2, 0) is 16.4 Å². The average molecular weight is 295 g/mol. The number of para-hydroxylation sites is 1. The number of fused-ring (bicyclic) bond motifs is 1.